The fraction of sp³-hybridized carbons (Fsp3) is 0.316. The molecule has 0 N–H and O–H groups in total. The van der Waals surface area contributed by atoms with Crippen molar-refractivity contribution in [1.82, 2.24) is 4.90 Å². The summed E-state index contributed by atoms with van der Waals surface area (Å²) < 4.78 is 7.07. The van der Waals surface area contributed by atoms with Crippen molar-refractivity contribution in [3.63, 3.8) is 0 Å². The van der Waals surface area contributed by atoms with Crippen LogP contribution in [0.4, 0.5) is 0 Å². The van der Waals surface area contributed by atoms with Crippen LogP contribution in [-0.2, 0) is 11.3 Å². The van der Waals surface area contributed by atoms with Gasteiger partial charge in [0.1, 0.15) is 6.61 Å². The molecule has 1 fully saturated rings. The summed E-state index contributed by atoms with van der Waals surface area (Å²) in [7, 11) is 0. The van der Waals surface area contributed by atoms with Gasteiger partial charge in [0, 0.05) is 16.7 Å². The van der Waals surface area contributed by atoms with E-state index in [1.807, 2.05) is 18.2 Å². The maximum Gasteiger partial charge on any atom is 0.259 e. The zero-order chi connectivity index (χ0) is 16.1. The van der Waals surface area contributed by atoms with Crippen LogP contribution in [-0.4, -0.2) is 23.2 Å². The van der Waals surface area contributed by atoms with Crippen molar-refractivity contribution in [2.45, 2.75) is 25.4 Å². The van der Waals surface area contributed by atoms with Gasteiger partial charge in [-0.3, -0.25) is 0 Å². The Bertz CT molecular complexity index is 636. The van der Waals surface area contributed by atoms with Crippen molar-refractivity contribution in [2.75, 3.05) is 13.1 Å². The van der Waals surface area contributed by atoms with Crippen LogP contribution in [0, 0.1) is 3.57 Å². The third kappa shape index (κ3) is 4.67. The molecule has 0 atom stereocenters. The van der Waals surface area contributed by atoms with Crippen LogP contribution < -0.4 is 0 Å². The van der Waals surface area contributed by atoms with Crippen LogP contribution in [0.1, 0.15) is 29.9 Å². The van der Waals surface area contributed by atoms with Gasteiger partial charge in [-0.25, -0.2) is 0 Å². The molecule has 0 amide bonds. The zero-order valence-corrected chi connectivity index (χ0v) is 15.9. The molecule has 1 aliphatic heterocycles. The van der Waals surface area contributed by atoms with Gasteiger partial charge in [-0.05, 0) is 76.8 Å². The summed E-state index contributed by atoms with van der Waals surface area (Å²) in [5, 5.41) is 0.634. The van der Waals surface area contributed by atoms with Crippen LogP contribution in [0.3, 0.4) is 0 Å². The third-order valence-electron chi connectivity index (χ3n) is 4.30. The summed E-state index contributed by atoms with van der Waals surface area (Å²) in [6.45, 7) is 2.51. The van der Waals surface area contributed by atoms with E-state index in [-0.39, 0.29) is 0 Å². The molecule has 0 aromatic heterocycles. The number of hydrogen-bond acceptors (Lipinski definition) is 2. The third-order valence-corrected chi connectivity index (χ3v) is 5.39. The first-order chi connectivity index (χ1) is 11.2. The lowest BCUT2D eigenvalue weighted by molar-refractivity contribution is 0.207. The molecular formula is C19H20INOS. The summed E-state index contributed by atoms with van der Waals surface area (Å²) in [5.41, 5.74) is 2.60. The van der Waals surface area contributed by atoms with Crippen molar-refractivity contribution in [3.05, 3.63) is 69.3 Å². The van der Waals surface area contributed by atoms with E-state index in [9.17, 15) is 0 Å². The van der Waals surface area contributed by atoms with Gasteiger partial charge in [0.15, 0.2) is 0 Å². The number of benzene rings is 2. The van der Waals surface area contributed by atoms with Crippen LogP contribution in [0.2, 0.25) is 0 Å². The predicted octanol–water partition coefficient (Wildman–Crippen LogP) is 4.97. The molecule has 0 aliphatic carbocycles. The number of likely N-dealkylation sites (tertiary alicyclic amines) is 1. The Labute approximate surface area is 157 Å². The zero-order valence-electron chi connectivity index (χ0n) is 13.0. The van der Waals surface area contributed by atoms with Gasteiger partial charge in [-0.2, -0.15) is 0 Å². The standard InChI is InChI=1S/C19H20INOS/c20-18-8-6-16(7-9-18)17-10-12-21(13-11-17)19(23)22-14-15-4-2-1-3-5-15/h1-9,17H,10-14H2. The Hall–Kier alpha value is -1.14. The molecule has 0 bridgehead atoms. The molecule has 2 aromatic carbocycles. The quantitative estimate of drug-likeness (QED) is 0.497. The lowest BCUT2D eigenvalue weighted by Crippen LogP contribution is -2.38. The molecule has 2 aromatic rings. The smallest absolute Gasteiger partial charge is 0.259 e. The molecule has 0 saturated carbocycles. The summed E-state index contributed by atoms with van der Waals surface area (Å²) in [4.78, 5) is 2.20. The van der Waals surface area contributed by atoms with Crippen LogP contribution in [0.25, 0.3) is 0 Å². The van der Waals surface area contributed by atoms with Gasteiger partial charge in [-0.1, -0.05) is 42.5 Å². The second kappa shape index (κ2) is 8.11. The summed E-state index contributed by atoms with van der Waals surface area (Å²) >= 11 is 7.80. The van der Waals surface area contributed by atoms with Gasteiger partial charge in [-0.15, -0.1) is 0 Å². The molecule has 1 heterocycles. The number of rotatable bonds is 3. The fourth-order valence-corrected chi connectivity index (χ4v) is 3.54. The van der Waals surface area contributed by atoms with E-state index in [2.05, 4.69) is 63.9 Å². The Balaban J connectivity index is 1.48. The van der Waals surface area contributed by atoms with E-state index < -0.39 is 0 Å². The molecule has 1 saturated heterocycles. The molecule has 23 heavy (non-hydrogen) atoms. The van der Waals surface area contributed by atoms with Crippen LogP contribution >= 0.6 is 34.8 Å². The van der Waals surface area contributed by atoms with Gasteiger partial charge < -0.3 is 9.64 Å². The van der Waals surface area contributed by atoms with Crippen molar-refractivity contribution in [2.24, 2.45) is 0 Å². The first-order valence-electron chi connectivity index (χ1n) is 7.93. The maximum absolute atomic E-state index is 5.78. The van der Waals surface area contributed by atoms with Crippen LogP contribution in [0.5, 0.6) is 0 Å². The average Bonchev–Trinajstić information content (AvgIpc) is 2.61. The maximum atomic E-state index is 5.78. The topological polar surface area (TPSA) is 12.5 Å². The lowest BCUT2D eigenvalue weighted by Gasteiger charge is -2.33. The van der Waals surface area contributed by atoms with Crippen molar-refractivity contribution < 1.29 is 4.74 Å². The van der Waals surface area contributed by atoms with Gasteiger partial charge in [0.05, 0.1) is 0 Å². The highest BCUT2D eigenvalue weighted by atomic mass is 127. The van der Waals surface area contributed by atoms with Crippen molar-refractivity contribution >= 4 is 40.0 Å². The van der Waals surface area contributed by atoms with E-state index in [0.717, 1.165) is 31.5 Å². The Morgan fingerprint density at radius 1 is 1.04 bits per heavy atom. The van der Waals surface area contributed by atoms with E-state index in [0.29, 0.717) is 17.7 Å². The summed E-state index contributed by atoms with van der Waals surface area (Å²) in [5.74, 6) is 0.639. The van der Waals surface area contributed by atoms with E-state index in [1.165, 1.54) is 9.13 Å². The van der Waals surface area contributed by atoms with Crippen LogP contribution in [0.15, 0.2) is 54.6 Å². The van der Waals surface area contributed by atoms with E-state index in [1.54, 1.807) is 0 Å². The Morgan fingerprint density at radius 3 is 2.35 bits per heavy atom. The highest BCUT2D eigenvalue weighted by Gasteiger charge is 2.22. The second-order valence-electron chi connectivity index (χ2n) is 5.85. The summed E-state index contributed by atoms with van der Waals surface area (Å²) in [6.07, 6.45) is 2.27. The highest BCUT2D eigenvalue weighted by Crippen LogP contribution is 2.28. The molecule has 0 radical (unpaired) electrons. The number of ether oxygens (including phenoxy) is 1. The minimum atomic E-state index is 0.552. The number of piperidine rings is 1. The van der Waals surface area contributed by atoms with Gasteiger partial charge in [0.2, 0.25) is 0 Å². The SMILES string of the molecule is S=C(OCc1ccccc1)N1CCC(c2ccc(I)cc2)CC1. The molecule has 0 unspecified atom stereocenters. The molecule has 0 spiro atoms. The largest absolute Gasteiger partial charge is 0.466 e. The van der Waals surface area contributed by atoms with Crippen molar-refractivity contribution in [1.29, 1.82) is 0 Å². The molecule has 2 nitrogen and oxygen atoms in total. The lowest BCUT2D eigenvalue weighted by atomic mass is 9.90. The molecular weight excluding hydrogens is 417 g/mol. The number of thiocarbonyl (C=S) groups is 1. The molecule has 1 aliphatic rings. The number of halogens is 1. The monoisotopic (exact) mass is 437 g/mol. The number of nitrogens with zero attached hydrogens (tertiary/aromatic N) is 1. The first-order valence-corrected chi connectivity index (χ1v) is 9.42. The average molecular weight is 437 g/mol. The Kier molecular flexibility index (Phi) is 5.89. The minimum Gasteiger partial charge on any atom is -0.466 e. The van der Waals surface area contributed by atoms with E-state index >= 15 is 0 Å². The Morgan fingerprint density at radius 2 is 1.70 bits per heavy atom. The minimum absolute atomic E-state index is 0.552. The normalized spacial score (nSPS) is 15.4. The molecule has 4 heteroatoms. The van der Waals surface area contributed by atoms with Gasteiger partial charge >= 0.3 is 0 Å². The van der Waals surface area contributed by atoms with Gasteiger partial charge in [0.25, 0.3) is 5.17 Å². The van der Waals surface area contributed by atoms with E-state index in [4.69, 9.17) is 17.0 Å². The fourth-order valence-electron chi connectivity index (χ4n) is 2.94. The summed E-state index contributed by atoms with van der Waals surface area (Å²) in [6, 6.07) is 19.1. The van der Waals surface area contributed by atoms with Crippen molar-refractivity contribution in [3.8, 4) is 0 Å². The molecule has 3 rings (SSSR count). The first kappa shape index (κ1) is 16.7. The second-order valence-corrected chi connectivity index (χ2v) is 7.45. The highest BCUT2D eigenvalue weighted by molar-refractivity contribution is 14.1. The predicted molar refractivity (Wildman–Crippen MR) is 107 cm³/mol. The molecule has 120 valence electrons. The number of hydrogen-bond donors (Lipinski definition) is 0.